The molecule has 0 aromatic carbocycles. The fourth-order valence-electron chi connectivity index (χ4n) is 1.72. The maximum absolute atomic E-state index is 6.13. The third-order valence-corrected chi connectivity index (χ3v) is 2.89. The van der Waals surface area contributed by atoms with Gasteiger partial charge in [0.25, 0.3) is 0 Å². The van der Waals surface area contributed by atoms with E-state index in [2.05, 4.69) is 24.0 Å². The Kier molecular flexibility index (Phi) is 3.25. The van der Waals surface area contributed by atoms with Crippen LogP contribution < -0.4 is 5.73 Å². The standard InChI is InChI=1S/C11H19N3O2/c1-8(2)3-4-9-13-10(16-14-9)11(12)5-6-15-7-11/h8H,3-7,12H2,1-2H3. The van der Waals surface area contributed by atoms with E-state index in [0.29, 0.717) is 25.0 Å². The average molecular weight is 225 g/mol. The summed E-state index contributed by atoms with van der Waals surface area (Å²) in [5.41, 5.74) is 5.56. The average Bonchev–Trinajstić information content (AvgIpc) is 2.84. The van der Waals surface area contributed by atoms with Crippen molar-refractivity contribution in [3.63, 3.8) is 0 Å². The van der Waals surface area contributed by atoms with Gasteiger partial charge in [-0.05, 0) is 18.8 Å². The summed E-state index contributed by atoms with van der Waals surface area (Å²) in [5.74, 6) is 1.91. The van der Waals surface area contributed by atoms with E-state index in [-0.39, 0.29) is 0 Å². The van der Waals surface area contributed by atoms with Crippen LogP contribution in [0.4, 0.5) is 0 Å². The van der Waals surface area contributed by atoms with E-state index >= 15 is 0 Å². The molecule has 16 heavy (non-hydrogen) atoms. The number of rotatable bonds is 4. The Balaban J connectivity index is 2.01. The summed E-state index contributed by atoms with van der Waals surface area (Å²) in [7, 11) is 0. The molecular formula is C11H19N3O2. The summed E-state index contributed by atoms with van der Waals surface area (Å²) in [5, 5.41) is 3.96. The molecule has 90 valence electrons. The molecule has 0 aliphatic carbocycles. The second-order valence-corrected chi connectivity index (χ2v) is 4.91. The van der Waals surface area contributed by atoms with Gasteiger partial charge in [0.15, 0.2) is 5.82 Å². The first-order valence-electron chi connectivity index (χ1n) is 5.80. The number of nitrogens with zero attached hydrogens (tertiary/aromatic N) is 2. The third kappa shape index (κ3) is 2.41. The van der Waals surface area contributed by atoms with Crippen LogP contribution in [0.5, 0.6) is 0 Å². The highest BCUT2D eigenvalue weighted by atomic mass is 16.5. The molecule has 1 fully saturated rings. The lowest BCUT2D eigenvalue weighted by Gasteiger charge is -2.15. The molecule has 0 radical (unpaired) electrons. The first-order valence-corrected chi connectivity index (χ1v) is 5.80. The molecule has 1 unspecified atom stereocenters. The van der Waals surface area contributed by atoms with Crippen LogP contribution in [-0.4, -0.2) is 23.4 Å². The van der Waals surface area contributed by atoms with Crippen molar-refractivity contribution >= 4 is 0 Å². The Labute approximate surface area is 95.3 Å². The predicted molar refractivity (Wildman–Crippen MR) is 58.8 cm³/mol. The number of hydrogen-bond acceptors (Lipinski definition) is 5. The fourth-order valence-corrected chi connectivity index (χ4v) is 1.72. The number of nitrogens with two attached hydrogens (primary N) is 1. The Hall–Kier alpha value is -0.940. The fraction of sp³-hybridized carbons (Fsp3) is 0.818. The zero-order valence-electron chi connectivity index (χ0n) is 9.90. The van der Waals surface area contributed by atoms with Crippen LogP contribution in [-0.2, 0) is 16.7 Å². The molecule has 0 saturated carbocycles. The first kappa shape index (κ1) is 11.5. The molecule has 1 saturated heterocycles. The molecule has 0 bridgehead atoms. The minimum Gasteiger partial charge on any atom is -0.379 e. The van der Waals surface area contributed by atoms with Gasteiger partial charge in [0.1, 0.15) is 5.54 Å². The first-order chi connectivity index (χ1) is 7.60. The van der Waals surface area contributed by atoms with E-state index in [1.807, 2.05) is 0 Å². The summed E-state index contributed by atoms with van der Waals surface area (Å²) < 4.78 is 10.5. The van der Waals surface area contributed by atoms with Crippen molar-refractivity contribution in [1.29, 1.82) is 0 Å². The van der Waals surface area contributed by atoms with E-state index in [1.165, 1.54) is 0 Å². The summed E-state index contributed by atoms with van der Waals surface area (Å²) >= 11 is 0. The minimum atomic E-state index is -0.566. The van der Waals surface area contributed by atoms with E-state index in [1.54, 1.807) is 0 Å². The topological polar surface area (TPSA) is 74.2 Å². The summed E-state index contributed by atoms with van der Waals surface area (Å²) in [4.78, 5) is 4.35. The third-order valence-electron chi connectivity index (χ3n) is 2.89. The van der Waals surface area contributed by atoms with Crippen LogP contribution in [0.25, 0.3) is 0 Å². The molecule has 2 heterocycles. The largest absolute Gasteiger partial charge is 0.379 e. The number of ether oxygens (including phenoxy) is 1. The Morgan fingerprint density at radius 1 is 1.50 bits per heavy atom. The van der Waals surface area contributed by atoms with Crippen molar-refractivity contribution in [2.24, 2.45) is 11.7 Å². The lowest BCUT2D eigenvalue weighted by molar-refractivity contribution is 0.166. The zero-order chi connectivity index (χ0) is 11.6. The summed E-state index contributed by atoms with van der Waals surface area (Å²) in [6.07, 6.45) is 2.66. The van der Waals surface area contributed by atoms with Crippen molar-refractivity contribution in [2.75, 3.05) is 13.2 Å². The molecule has 1 aromatic rings. The second-order valence-electron chi connectivity index (χ2n) is 4.91. The quantitative estimate of drug-likeness (QED) is 0.834. The van der Waals surface area contributed by atoms with Gasteiger partial charge in [-0.15, -0.1) is 0 Å². The molecule has 1 aliphatic heterocycles. The Morgan fingerprint density at radius 2 is 2.31 bits per heavy atom. The Bertz CT molecular complexity index is 343. The van der Waals surface area contributed by atoms with E-state index in [4.69, 9.17) is 15.0 Å². The van der Waals surface area contributed by atoms with Crippen LogP contribution in [0.15, 0.2) is 4.52 Å². The molecule has 1 atom stereocenters. The highest BCUT2D eigenvalue weighted by Crippen LogP contribution is 2.26. The molecule has 1 aliphatic rings. The molecule has 2 rings (SSSR count). The number of aryl methyl sites for hydroxylation is 1. The zero-order valence-corrected chi connectivity index (χ0v) is 9.90. The van der Waals surface area contributed by atoms with Crippen LogP contribution in [0.3, 0.4) is 0 Å². The lowest BCUT2D eigenvalue weighted by atomic mass is 10.0. The molecular weight excluding hydrogens is 206 g/mol. The minimum absolute atomic E-state index is 0.471. The maximum Gasteiger partial charge on any atom is 0.249 e. The van der Waals surface area contributed by atoms with E-state index in [0.717, 1.165) is 25.1 Å². The van der Waals surface area contributed by atoms with Crippen LogP contribution >= 0.6 is 0 Å². The summed E-state index contributed by atoms with van der Waals surface area (Å²) in [6.45, 7) is 5.49. The number of hydrogen-bond donors (Lipinski definition) is 1. The van der Waals surface area contributed by atoms with Crippen LogP contribution in [0.1, 0.15) is 38.4 Å². The highest BCUT2D eigenvalue weighted by Gasteiger charge is 2.38. The molecule has 0 amide bonds. The number of aromatic nitrogens is 2. The normalized spacial score (nSPS) is 25.5. The van der Waals surface area contributed by atoms with Gasteiger partial charge in [-0.1, -0.05) is 19.0 Å². The second kappa shape index (κ2) is 4.51. The Morgan fingerprint density at radius 3 is 2.94 bits per heavy atom. The lowest BCUT2D eigenvalue weighted by Crippen LogP contribution is -2.37. The van der Waals surface area contributed by atoms with Gasteiger partial charge in [-0.2, -0.15) is 4.98 Å². The van der Waals surface area contributed by atoms with Crippen molar-refractivity contribution in [2.45, 2.75) is 38.6 Å². The molecule has 0 spiro atoms. The molecule has 2 N–H and O–H groups in total. The van der Waals surface area contributed by atoms with Gasteiger partial charge in [0, 0.05) is 13.0 Å². The van der Waals surface area contributed by atoms with E-state index < -0.39 is 5.54 Å². The van der Waals surface area contributed by atoms with Gasteiger partial charge >= 0.3 is 0 Å². The van der Waals surface area contributed by atoms with Crippen molar-refractivity contribution in [3.8, 4) is 0 Å². The summed E-state index contributed by atoms with van der Waals surface area (Å²) in [6, 6.07) is 0. The maximum atomic E-state index is 6.13. The molecule has 5 heteroatoms. The van der Waals surface area contributed by atoms with Gasteiger partial charge in [-0.25, -0.2) is 0 Å². The predicted octanol–water partition coefficient (Wildman–Crippen LogP) is 1.23. The van der Waals surface area contributed by atoms with Crippen molar-refractivity contribution in [1.82, 2.24) is 10.1 Å². The van der Waals surface area contributed by atoms with E-state index in [9.17, 15) is 0 Å². The van der Waals surface area contributed by atoms with Gasteiger partial charge in [0.2, 0.25) is 5.89 Å². The van der Waals surface area contributed by atoms with Crippen LogP contribution in [0.2, 0.25) is 0 Å². The van der Waals surface area contributed by atoms with Gasteiger partial charge in [-0.3, -0.25) is 0 Å². The van der Waals surface area contributed by atoms with Crippen molar-refractivity contribution in [3.05, 3.63) is 11.7 Å². The molecule has 5 nitrogen and oxygen atoms in total. The smallest absolute Gasteiger partial charge is 0.249 e. The van der Waals surface area contributed by atoms with Crippen LogP contribution in [0, 0.1) is 5.92 Å². The SMILES string of the molecule is CC(C)CCc1noc(C2(N)CCOC2)n1. The van der Waals surface area contributed by atoms with Gasteiger partial charge in [0.05, 0.1) is 6.61 Å². The van der Waals surface area contributed by atoms with Crippen molar-refractivity contribution < 1.29 is 9.26 Å². The molecule has 1 aromatic heterocycles. The van der Waals surface area contributed by atoms with Gasteiger partial charge < -0.3 is 15.0 Å². The highest BCUT2D eigenvalue weighted by molar-refractivity contribution is 5.04. The monoisotopic (exact) mass is 225 g/mol.